The third-order valence-electron chi connectivity index (χ3n) is 8.72. The van der Waals surface area contributed by atoms with Gasteiger partial charge in [0.1, 0.15) is 36.2 Å². The largest absolute Gasteiger partial charge is 0.486 e. The molecular formula is C32H35F2N7O4. The van der Waals surface area contributed by atoms with Gasteiger partial charge < -0.3 is 24.8 Å². The number of rotatable bonds is 8. The number of aliphatic hydroxyl groups is 1. The second-order valence-corrected chi connectivity index (χ2v) is 11.7. The van der Waals surface area contributed by atoms with Gasteiger partial charge in [-0.3, -0.25) is 9.69 Å². The van der Waals surface area contributed by atoms with E-state index in [9.17, 15) is 19.6 Å². The van der Waals surface area contributed by atoms with Crippen LogP contribution >= 0.6 is 0 Å². The molecule has 4 heterocycles. The zero-order valence-electron chi connectivity index (χ0n) is 24.9. The van der Waals surface area contributed by atoms with E-state index < -0.39 is 24.3 Å². The molecular weight excluding hydrogens is 584 g/mol. The van der Waals surface area contributed by atoms with E-state index in [0.717, 1.165) is 39.1 Å². The second-order valence-electron chi connectivity index (χ2n) is 11.7. The summed E-state index contributed by atoms with van der Waals surface area (Å²) in [7, 11) is 0. The molecule has 11 nitrogen and oxygen atoms in total. The maximum Gasteiger partial charge on any atom is 0.251 e. The topological polar surface area (TPSA) is 137 Å². The molecule has 3 fully saturated rings. The molecule has 236 valence electrons. The quantitative estimate of drug-likeness (QED) is 0.385. The number of ether oxygens (including phenoxy) is 2. The number of benzene rings is 2. The van der Waals surface area contributed by atoms with E-state index >= 15 is 4.39 Å². The van der Waals surface area contributed by atoms with E-state index in [0.29, 0.717) is 22.9 Å². The number of aliphatic hydroxyl groups excluding tert-OH is 1. The summed E-state index contributed by atoms with van der Waals surface area (Å²) in [5.74, 6) is 0.0622. The van der Waals surface area contributed by atoms with Crippen molar-refractivity contribution in [2.24, 2.45) is 0 Å². The summed E-state index contributed by atoms with van der Waals surface area (Å²) in [6.45, 7) is 4.84. The molecule has 2 aromatic carbocycles. The maximum absolute atomic E-state index is 15.2. The van der Waals surface area contributed by atoms with Gasteiger partial charge in [-0.05, 0) is 74.7 Å². The van der Waals surface area contributed by atoms with E-state index in [1.54, 1.807) is 18.2 Å². The number of likely N-dealkylation sites (tertiary alicyclic amines) is 2. The van der Waals surface area contributed by atoms with Crippen LogP contribution in [0.15, 0.2) is 42.7 Å². The highest BCUT2D eigenvalue weighted by atomic mass is 19.1. The van der Waals surface area contributed by atoms with Gasteiger partial charge in [0.25, 0.3) is 5.91 Å². The molecule has 13 heteroatoms. The van der Waals surface area contributed by atoms with Crippen LogP contribution in [0.2, 0.25) is 0 Å². The Morgan fingerprint density at radius 1 is 1.16 bits per heavy atom. The van der Waals surface area contributed by atoms with E-state index in [4.69, 9.17) is 9.47 Å². The first-order chi connectivity index (χ1) is 21.8. The van der Waals surface area contributed by atoms with Crippen LogP contribution in [-0.4, -0.2) is 99.6 Å². The Hall–Kier alpha value is -4.25. The van der Waals surface area contributed by atoms with Gasteiger partial charge in [0, 0.05) is 24.2 Å². The van der Waals surface area contributed by atoms with Crippen LogP contribution < -0.4 is 10.1 Å². The summed E-state index contributed by atoms with van der Waals surface area (Å²) >= 11 is 0. The van der Waals surface area contributed by atoms with Crippen LogP contribution in [0.1, 0.15) is 43.2 Å². The zero-order valence-corrected chi connectivity index (χ0v) is 24.9. The number of carbonyl (C=O) groups is 1. The smallest absolute Gasteiger partial charge is 0.251 e. The number of amides is 1. The lowest BCUT2D eigenvalue weighted by Gasteiger charge is -2.41. The number of anilines is 2. The number of halogens is 2. The highest BCUT2D eigenvalue weighted by Crippen LogP contribution is 2.33. The number of alkyl halides is 1. The Morgan fingerprint density at radius 2 is 1.96 bits per heavy atom. The Bertz CT molecular complexity index is 1570. The molecule has 1 aromatic heterocycles. The number of carbonyl (C=O) groups excluding carboxylic acids is 1. The van der Waals surface area contributed by atoms with Crippen LogP contribution in [0.5, 0.6) is 5.75 Å². The molecule has 1 amide bonds. The fraction of sp³-hybridized carbons (Fsp3) is 0.469. The van der Waals surface area contributed by atoms with Gasteiger partial charge in [-0.2, -0.15) is 10.2 Å². The lowest BCUT2D eigenvalue weighted by Crippen LogP contribution is -2.51. The molecule has 0 radical (unpaired) electrons. The van der Waals surface area contributed by atoms with Gasteiger partial charge in [0.05, 0.1) is 31.4 Å². The SMILES string of the molecule is CC(O)C(=O)N1CC[C@H](Oc2ccc(-c3ncnc(Nc4ccc(C5CCN(C6COC6)CC5)c(F)c4)n3)cc2C#N)[C@H](F)C1. The number of hydrogen-bond acceptors (Lipinski definition) is 10. The first-order valence-electron chi connectivity index (χ1n) is 15.2. The summed E-state index contributed by atoms with van der Waals surface area (Å²) < 4.78 is 41.2. The van der Waals surface area contributed by atoms with Crippen LogP contribution in [0.3, 0.4) is 0 Å². The molecule has 0 aliphatic carbocycles. The lowest BCUT2D eigenvalue weighted by atomic mass is 9.88. The molecule has 0 bridgehead atoms. The molecule has 2 N–H and O–H groups in total. The minimum absolute atomic E-state index is 0.168. The average Bonchev–Trinajstić information content (AvgIpc) is 3.01. The Labute approximate surface area is 259 Å². The molecule has 0 saturated carbocycles. The monoisotopic (exact) mass is 619 g/mol. The summed E-state index contributed by atoms with van der Waals surface area (Å²) in [4.78, 5) is 28.6. The molecule has 3 saturated heterocycles. The normalized spacial score (nSPS) is 21.9. The molecule has 3 aliphatic heterocycles. The number of aromatic nitrogens is 3. The number of piperidine rings is 2. The molecule has 3 aromatic rings. The van der Waals surface area contributed by atoms with Crippen LogP contribution in [0, 0.1) is 17.1 Å². The van der Waals surface area contributed by atoms with Crippen molar-refractivity contribution in [2.75, 3.05) is 44.7 Å². The lowest BCUT2D eigenvalue weighted by molar-refractivity contribution is -0.143. The molecule has 45 heavy (non-hydrogen) atoms. The van der Waals surface area contributed by atoms with Gasteiger partial charge in [-0.25, -0.2) is 18.7 Å². The predicted octanol–water partition coefficient (Wildman–Crippen LogP) is 3.57. The summed E-state index contributed by atoms with van der Waals surface area (Å²) in [5, 5.41) is 22.3. The minimum atomic E-state index is -1.48. The predicted molar refractivity (Wildman–Crippen MR) is 160 cm³/mol. The van der Waals surface area contributed by atoms with Crippen molar-refractivity contribution in [1.82, 2.24) is 24.8 Å². The highest BCUT2D eigenvalue weighted by Gasteiger charge is 2.35. The van der Waals surface area contributed by atoms with Crippen molar-refractivity contribution >= 4 is 17.5 Å². The highest BCUT2D eigenvalue weighted by molar-refractivity contribution is 5.80. The van der Waals surface area contributed by atoms with E-state index in [-0.39, 0.29) is 54.3 Å². The van der Waals surface area contributed by atoms with Crippen molar-refractivity contribution in [2.45, 2.75) is 56.5 Å². The van der Waals surface area contributed by atoms with E-state index in [2.05, 4.69) is 31.2 Å². The van der Waals surface area contributed by atoms with Crippen LogP contribution in [-0.2, 0) is 9.53 Å². The van der Waals surface area contributed by atoms with Crippen molar-refractivity contribution in [3.05, 3.63) is 59.7 Å². The average molecular weight is 620 g/mol. The summed E-state index contributed by atoms with van der Waals surface area (Å²) in [6.07, 6.45) is -0.185. The first kappa shape index (κ1) is 30.8. The third kappa shape index (κ3) is 6.88. The van der Waals surface area contributed by atoms with Gasteiger partial charge in [-0.15, -0.1) is 0 Å². The van der Waals surface area contributed by atoms with E-state index in [1.165, 1.54) is 24.2 Å². The summed E-state index contributed by atoms with van der Waals surface area (Å²) in [6, 6.07) is 12.4. The Morgan fingerprint density at radius 3 is 2.62 bits per heavy atom. The number of hydrogen-bond donors (Lipinski definition) is 2. The number of nitrogens with one attached hydrogen (secondary N) is 1. The second kappa shape index (κ2) is 13.4. The molecule has 3 aliphatic rings. The van der Waals surface area contributed by atoms with Gasteiger partial charge in [0.15, 0.2) is 12.0 Å². The fourth-order valence-corrected chi connectivity index (χ4v) is 6.07. The minimum Gasteiger partial charge on any atom is -0.486 e. The maximum atomic E-state index is 15.2. The first-order valence-corrected chi connectivity index (χ1v) is 15.2. The summed E-state index contributed by atoms with van der Waals surface area (Å²) in [5.41, 5.74) is 1.90. The Balaban J connectivity index is 1.09. The molecule has 6 rings (SSSR count). The zero-order chi connectivity index (χ0) is 31.5. The fourth-order valence-electron chi connectivity index (χ4n) is 6.07. The Kier molecular flexibility index (Phi) is 9.16. The van der Waals surface area contributed by atoms with Crippen molar-refractivity contribution in [3.8, 4) is 23.2 Å². The van der Waals surface area contributed by atoms with Gasteiger partial charge in [-0.1, -0.05) is 6.07 Å². The number of nitriles is 1. The molecule has 0 spiro atoms. The van der Waals surface area contributed by atoms with Crippen LogP contribution in [0.25, 0.3) is 11.4 Å². The molecule has 3 atom stereocenters. The molecule has 1 unspecified atom stereocenters. The van der Waals surface area contributed by atoms with Crippen molar-refractivity contribution in [1.29, 1.82) is 5.26 Å². The van der Waals surface area contributed by atoms with Crippen LogP contribution in [0.4, 0.5) is 20.4 Å². The van der Waals surface area contributed by atoms with Crippen molar-refractivity contribution < 1.29 is 28.2 Å². The van der Waals surface area contributed by atoms with Gasteiger partial charge in [0.2, 0.25) is 5.95 Å². The number of nitrogens with zero attached hydrogens (tertiary/aromatic N) is 6. The van der Waals surface area contributed by atoms with E-state index in [1.807, 2.05) is 12.1 Å². The van der Waals surface area contributed by atoms with Gasteiger partial charge >= 0.3 is 0 Å². The van der Waals surface area contributed by atoms with Crippen molar-refractivity contribution in [3.63, 3.8) is 0 Å². The third-order valence-corrected chi connectivity index (χ3v) is 8.72. The standard InChI is InChI=1S/C32H35F2N7O4/c1-19(42)31(43)41-11-8-29(27(34)15-41)45-28-5-2-21(12-22(28)14-35)30-36-18-37-32(39-30)38-23-3-4-25(26(33)13-23)20-6-9-40(10-7-20)24-16-44-17-24/h2-5,12-13,18-20,24,27,29,42H,6-11,15-17H2,1H3,(H,36,37,38,39)/t19?,27-,29+/m1/s1.